The zero-order valence-electron chi connectivity index (χ0n) is 17.0. The van der Waals surface area contributed by atoms with Crippen LogP contribution in [-0.2, 0) is 15.1 Å². The average Bonchev–Trinajstić information content (AvgIpc) is 3.29. The largest absolute Gasteiger partial charge is 0.481 e. The van der Waals surface area contributed by atoms with Crippen LogP contribution in [0.5, 0.6) is 0 Å². The topological polar surface area (TPSA) is 66.8 Å². The van der Waals surface area contributed by atoms with Crippen molar-refractivity contribution in [1.82, 2.24) is 4.90 Å². The fraction of sp³-hybridized carbons (Fsp3) is 0.250. The van der Waals surface area contributed by atoms with E-state index in [2.05, 4.69) is 0 Å². The summed E-state index contributed by atoms with van der Waals surface area (Å²) in [7, 11) is 0. The molecule has 31 heavy (non-hydrogen) atoms. The first-order chi connectivity index (χ1) is 14.9. The smallest absolute Gasteiger partial charge is 0.411 e. The number of hydrogen-bond donors (Lipinski definition) is 1. The molecule has 0 radical (unpaired) electrons. The maximum atomic E-state index is 13.1. The van der Waals surface area contributed by atoms with Crippen LogP contribution in [0.15, 0.2) is 66.0 Å². The molecule has 1 aliphatic heterocycles. The molecule has 1 saturated heterocycles. The van der Waals surface area contributed by atoms with Crippen molar-refractivity contribution in [3.63, 3.8) is 0 Å². The second kappa shape index (κ2) is 8.51. The van der Waals surface area contributed by atoms with E-state index in [4.69, 9.17) is 4.74 Å². The summed E-state index contributed by atoms with van der Waals surface area (Å²) in [5.74, 6) is -1.28. The summed E-state index contributed by atoms with van der Waals surface area (Å²) in [5, 5.41) is 11.2. The number of aliphatic carboxylic acids is 1. The van der Waals surface area contributed by atoms with Crippen LogP contribution in [0.3, 0.4) is 0 Å². The van der Waals surface area contributed by atoms with Crippen LogP contribution in [0.2, 0.25) is 0 Å². The number of amides is 1. The normalized spacial score (nSPS) is 19.7. The third-order valence-corrected chi connectivity index (χ3v) is 6.77. The van der Waals surface area contributed by atoms with Crippen molar-refractivity contribution in [2.45, 2.75) is 31.4 Å². The molecular weight excluding hydrogens is 417 g/mol. The molecule has 3 aromatic rings. The minimum absolute atomic E-state index is 0.235. The Morgan fingerprint density at radius 3 is 2.35 bits per heavy atom. The Morgan fingerprint density at radius 2 is 1.81 bits per heavy atom. The summed E-state index contributed by atoms with van der Waals surface area (Å²) in [6.07, 6.45) is -0.367. The first-order valence-electron chi connectivity index (χ1n) is 9.99. The van der Waals surface area contributed by atoms with Crippen LogP contribution in [0.1, 0.15) is 36.2 Å². The number of rotatable bonds is 6. The highest BCUT2D eigenvalue weighted by molar-refractivity contribution is 7.10. The molecule has 2 heterocycles. The highest BCUT2D eigenvalue weighted by Crippen LogP contribution is 2.41. The number of cyclic esters (lactones) is 1. The van der Waals surface area contributed by atoms with Crippen molar-refractivity contribution in [2.24, 2.45) is 0 Å². The van der Waals surface area contributed by atoms with Crippen molar-refractivity contribution < 1.29 is 23.8 Å². The van der Waals surface area contributed by atoms with Crippen LogP contribution >= 0.6 is 11.3 Å². The van der Waals surface area contributed by atoms with E-state index in [9.17, 15) is 19.1 Å². The van der Waals surface area contributed by atoms with Gasteiger partial charge in [-0.3, -0.25) is 4.79 Å². The van der Waals surface area contributed by atoms with Gasteiger partial charge in [-0.25, -0.2) is 9.18 Å². The van der Waals surface area contributed by atoms with Crippen molar-refractivity contribution in [2.75, 3.05) is 6.54 Å². The van der Waals surface area contributed by atoms with Gasteiger partial charge in [0, 0.05) is 17.8 Å². The van der Waals surface area contributed by atoms with Gasteiger partial charge in [0.05, 0.1) is 12.5 Å². The fourth-order valence-corrected chi connectivity index (χ4v) is 4.86. The SMILES string of the molecule is C[C@@H](c1ccc(-c2ccc(F)cc2)cc1)N1CC[C@](CC(=O)O)(c2cccs2)OC1=O. The first kappa shape index (κ1) is 21.1. The molecule has 4 rings (SSSR count). The van der Waals surface area contributed by atoms with Gasteiger partial charge in [-0.2, -0.15) is 0 Å². The Kier molecular flexibility index (Phi) is 5.78. The number of carbonyl (C=O) groups is 2. The molecule has 1 aliphatic rings. The van der Waals surface area contributed by atoms with E-state index in [0.29, 0.717) is 13.0 Å². The number of benzene rings is 2. The molecule has 5 nitrogen and oxygen atoms in total. The van der Waals surface area contributed by atoms with Gasteiger partial charge >= 0.3 is 12.1 Å². The van der Waals surface area contributed by atoms with Gasteiger partial charge in [0.15, 0.2) is 5.60 Å². The summed E-state index contributed by atoms with van der Waals surface area (Å²) in [6.45, 7) is 2.31. The Labute approximate surface area is 183 Å². The molecule has 1 amide bonds. The fourth-order valence-electron chi connectivity index (χ4n) is 3.96. The second-order valence-corrected chi connectivity index (χ2v) is 8.61. The molecule has 0 aliphatic carbocycles. The lowest BCUT2D eigenvalue weighted by Crippen LogP contribution is -2.49. The van der Waals surface area contributed by atoms with E-state index >= 15 is 0 Å². The summed E-state index contributed by atoms with van der Waals surface area (Å²) >= 11 is 1.40. The third kappa shape index (κ3) is 4.32. The van der Waals surface area contributed by atoms with E-state index in [0.717, 1.165) is 21.6 Å². The number of hydrogen-bond acceptors (Lipinski definition) is 4. The van der Waals surface area contributed by atoms with Gasteiger partial charge in [-0.1, -0.05) is 42.5 Å². The summed E-state index contributed by atoms with van der Waals surface area (Å²) < 4.78 is 18.9. The number of carboxylic acid groups (broad SMARTS) is 1. The van der Waals surface area contributed by atoms with E-state index in [-0.39, 0.29) is 18.3 Å². The molecule has 0 saturated carbocycles. The second-order valence-electron chi connectivity index (χ2n) is 7.66. The molecular formula is C24H22FNO4S. The minimum Gasteiger partial charge on any atom is -0.481 e. The zero-order valence-corrected chi connectivity index (χ0v) is 17.8. The molecule has 2 aromatic carbocycles. The Morgan fingerprint density at radius 1 is 1.16 bits per heavy atom. The molecule has 160 valence electrons. The quantitative estimate of drug-likeness (QED) is 0.525. The van der Waals surface area contributed by atoms with Crippen molar-refractivity contribution >= 4 is 23.4 Å². The van der Waals surface area contributed by atoms with Crippen LogP contribution < -0.4 is 0 Å². The number of carboxylic acids is 1. The summed E-state index contributed by atoms with van der Waals surface area (Å²) in [6, 6.07) is 17.5. The van der Waals surface area contributed by atoms with E-state index < -0.39 is 17.7 Å². The molecule has 0 bridgehead atoms. The van der Waals surface area contributed by atoms with E-state index in [1.165, 1.54) is 23.5 Å². The van der Waals surface area contributed by atoms with Gasteiger partial charge in [0.1, 0.15) is 5.82 Å². The molecule has 1 fully saturated rings. The van der Waals surface area contributed by atoms with Gasteiger partial charge in [-0.15, -0.1) is 11.3 Å². The lowest BCUT2D eigenvalue weighted by atomic mass is 9.91. The Bertz CT molecular complexity index is 1070. The Balaban J connectivity index is 1.51. The average molecular weight is 440 g/mol. The third-order valence-electron chi connectivity index (χ3n) is 5.72. The molecule has 0 unspecified atom stereocenters. The van der Waals surface area contributed by atoms with Crippen LogP contribution in [-0.4, -0.2) is 28.6 Å². The highest BCUT2D eigenvalue weighted by atomic mass is 32.1. The van der Waals surface area contributed by atoms with Gasteiger partial charge < -0.3 is 14.7 Å². The zero-order chi connectivity index (χ0) is 22.0. The molecule has 0 spiro atoms. The maximum Gasteiger partial charge on any atom is 0.411 e. The lowest BCUT2D eigenvalue weighted by molar-refractivity contribution is -0.146. The molecule has 1 aromatic heterocycles. The predicted octanol–water partition coefficient (Wildman–Crippen LogP) is 5.83. The van der Waals surface area contributed by atoms with Crippen molar-refractivity contribution in [3.8, 4) is 11.1 Å². The number of nitrogens with zero attached hydrogens (tertiary/aromatic N) is 1. The lowest BCUT2D eigenvalue weighted by Gasteiger charge is -2.42. The first-order valence-corrected chi connectivity index (χ1v) is 10.9. The summed E-state index contributed by atoms with van der Waals surface area (Å²) in [5.41, 5.74) is 1.67. The van der Waals surface area contributed by atoms with Gasteiger partial charge in [-0.05, 0) is 47.2 Å². The number of thiophene rings is 1. The van der Waals surface area contributed by atoms with Crippen LogP contribution in [0.4, 0.5) is 9.18 Å². The summed E-state index contributed by atoms with van der Waals surface area (Å²) in [4.78, 5) is 26.7. The van der Waals surface area contributed by atoms with E-state index in [1.54, 1.807) is 17.0 Å². The maximum absolute atomic E-state index is 13.1. The van der Waals surface area contributed by atoms with E-state index in [1.807, 2.05) is 48.7 Å². The Hall–Kier alpha value is -3.19. The van der Waals surface area contributed by atoms with Crippen molar-refractivity contribution in [3.05, 3.63) is 82.3 Å². The highest BCUT2D eigenvalue weighted by Gasteiger charge is 2.45. The van der Waals surface area contributed by atoms with Crippen LogP contribution in [0.25, 0.3) is 11.1 Å². The monoisotopic (exact) mass is 439 g/mol. The predicted molar refractivity (Wildman–Crippen MR) is 116 cm³/mol. The minimum atomic E-state index is -1.13. The standard InChI is InChI=1S/C24H22FNO4S/c1-16(17-4-6-18(7-5-17)19-8-10-20(25)11-9-19)26-13-12-24(15-22(27)28,30-23(26)29)21-3-2-14-31-21/h2-11,14,16H,12-13,15H2,1H3,(H,27,28)/t16-,24-/m0/s1. The number of ether oxygens (including phenoxy) is 1. The number of halogens is 1. The van der Waals surface area contributed by atoms with Crippen LogP contribution in [0, 0.1) is 5.82 Å². The van der Waals surface area contributed by atoms with Gasteiger partial charge in [0.25, 0.3) is 0 Å². The number of carbonyl (C=O) groups excluding carboxylic acids is 1. The van der Waals surface area contributed by atoms with Crippen molar-refractivity contribution in [1.29, 1.82) is 0 Å². The molecule has 7 heteroatoms. The molecule has 2 atom stereocenters. The van der Waals surface area contributed by atoms with Gasteiger partial charge in [0.2, 0.25) is 0 Å². The molecule has 1 N–H and O–H groups in total.